The van der Waals surface area contributed by atoms with Gasteiger partial charge in [0.05, 0.1) is 11.3 Å². The minimum absolute atomic E-state index is 0.0451. The lowest BCUT2D eigenvalue weighted by Gasteiger charge is -2.07. The van der Waals surface area contributed by atoms with Crippen LogP contribution < -0.4 is 10.9 Å². The molecule has 0 radical (unpaired) electrons. The highest BCUT2D eigenvalue weighted by molar-refractivity contribution is 6.04. The van der Waals surface area contributed by atoms with Crippen LogP contribution in [-0.2, 0) is 0 Å². The summed E-state index contributed by atoms with van der Waals surface area (Å²) in [6.07, 6.45) is 1.12. The highest BCUT2D eigenvalue weighted by Gasteiger charge is 2.15. The smallest absolute Gasteiger partial charge is 0.257 e. The first-order valence-electron chi connectivity index (χ1n) is 5.12. The Kier molecular flexibility index (Phi) is 3.37. The fourth-order valence-electron chi connectivity index (χ4n) is 1.37. The first kappa shape index (κ1) is 12.9. The number of aromatic nitrogens is 1. The number of carbonyl (C=O) groups excluding carboxylic acids is 1. The normalized spacial score (nSPS) is 10.3. The summed E-state index contributed by atoms with van der Waals surface area (Å²) >= 11 is 0. The van der Waals surface area contributed by atoms with Crippen molar-refractivity contribution in [2.45, 2.75) is 0 Å². The largest absolute Gasteiger partial charge is 0.328 e. The van der Waals surface area contributed by atoms with E-state index in [-0.39, 0.29) is 5.56 Å². The van der Waals surface area contributed by atoms with Crippen LogP contribution in [0.5, 0.6) is 0 Å². The molecule has 98 valence electrons. The summed E-state index contributed by atoms with van der Waals surface area (Å²) in [6, 6.07) is 3.92. The van der Waals surface area contributed by atoms with Crippen LogP contribution in [0, 0.1) is 17.5 Å². The van der Waals surface area contributed by atoms with E-state index in [4.69, 9.17) is 0 Å². The molecule has 7 heteroatoms. The Morgan fingerprint density at radius 1 is 1.05 bits per heavy atom. The van der Waals surface area contributed by atoms with E-state index in [2.05, 4.69) is 10.3 Å². The average molecular weight is 268 g/mol. The maximum absolute atomic E-state index is 13.3. The fraction of sp³-hybridized carbons (Fsp3) is 0. The molecule has 1 heterocycles. The second-order valence-corrected chi connectivity index (χ2v) is 3.62. The third-order valence-electron chi connectivity index (χ3n) is 2.33. The van der Waals surface area contributed by atoms with Crippen molar-refractivity contribution < 1.29 is 18.0 Å². The lowest BCUT2D eigenvalue weighted by atomic mass is 10.2. The quantitative estimate of drug-likeness (QED) is 0.819. The summed E-state index contributed by atoms with van der Waals surface area (Å²) in [5.41, 5.74) is -0.852. The van der Waals surface area contributed by atoms with E-state index in [1.807, 2.05) is 0 Å². The van der Waals surface area contributed by atoms with E-state index in [0.29, 0.717) is 6.07 Å². The van der Waals surface area contributed by atoms with Gasteiger partial charge in [-0.25, -0.2) is 13.2 Å². The molecule has 0 aliphatic heterocycles. The van der Waals surface area contributed by atoms with Crippen LogP contribution in [0.1, 0.15) is 10.4 Å². The zero-order valence-corrected chi connectivity index (χ0v) is 9.34. The van der Waals surface area contributed by atoms with Crippen molar-refractivity contribution in [1.82, 2.24) is 4.98 Å². The summed E-state index contributed by atoms with van der Waals surface area (Å²) in [5.74, 6) is -5.27. The van der Waals surface area contributed by atoms with Crippen molar-refractivity contribution in [2.24, 2.45) is 0 Å². The molecule has 2 N–H and O–H groups in total. The molecule has 4 nitrogen and oxygen atoms in total. The lowest BCUT2D eigenvalue weighted by Crippen LogP contribution is -2.16. The van der Waals surface area contributed by atoms with Gasteiger partial charge in [0.15, 0.2) is 17.5 Å². The summed E-state index contributed by atoms with van der Waals surface area (Å²) in [4.78, 5) is 24.7. The number of pyridine rings is 1. The van der Waals surface area contributed by atoms with Crippen LogP contribution in [0.3, 0.4) is 0 Å². The topological polar surface area (TPSA) is 62.0 Å². The maximum atomic E-state index is 13.3. The summed E-state index contributed by atoms with van der Waals surface area (Å²) < 4.78 is 39.0. The van der Waals surface area contributed by atoms with Crippen molar-refractivity contribution in [2.75, 3.05) is 5.32 Å². The third-order valence-corrected chi connectivity index (χ3v) is 2.33. The number of halogens is 3. The molecule has 0 aliphatic rings. The molecule has 0 saturated carbocycles. The molecule has 0 spiro atoms. The zero-order valence-electron chi connectivity index (χ0n) is 9.34. The molecular formula is C12H7F3N2O2. The van der Waals surface area contributed by atoms with Gasteiger partial charge in [-0.2, -0.15) is 0 Å². The molecule has 0 bridgehead atoms. The molecule has 1 amide bonds. The van der Waals surface area contributed by atoms with Crippen LogP contribution in [0.25, 0.3) is 0 Å². The van der Waals surface area contributed by atoms with Gasteiger partial charge in [-0.05, 0) is 18.2 Å². The van der Waals surface area contributed by atoms with Crippen LogP contribution in [0.15, 0.2) is 35.3 Å². The highest BCUT2D eigenvalue weighted by Crippen LogP contribution is 2.20. The predicted octanol–water partition coefficient (Wildman–Crippen LogP) is 2.04. The molecule has 1 aromatic heterocycles. The monoisotopic (exact) mass is 268 g/mol. The maximum Gasteiger partial charge on any atom is 0.257 e. The minimum atomic E-state index is -1.67. The summed E-state index contributed by atoms with van der Waals surface area (Å²) in [5, 5.41) is 2.07. The van der Waals surface area contributed by atoms with Gasteiger partial charge < -0.3 is 10.3 Å². The molecular weight excluding hydrogens is 261 g/mol. The number of hydrogen-bond acceptors (Lipinski definition) is 2. The Bertz CT molecular complexity index is 677. The second kappa shape index (κ2) is 4.97. The third kappa shape index (κ3) is 2.65. The first-order chi connectivity index (χ1) is 8.99. The number of rotatable bonds is 2. The van der Waals surface area contributed by atoms with Gasteiger partial charge in [0, 0.05) is 12.3 Å². The Labute approximate surface area is 104 Å². The zero-order chi connectivity index (χ0) is 14.0. The molecule has 0 atom stereocenters. The Morgan fingerprint density at radius 2 is 1.79 bits per heavy atom. The standard InChI is InChI=1S/C12H7F3N2O2/c13-7-2-3-8(11(15)10(7)14)17-12(19)6-1-4-9(18)16-5-6/h1-5H,(H,16,18)(H,17,19). The van der Waals surface area contributed by atoms with Crippen LogP contribution in [0.2, 0.25) is 0 Å². The fourth-order valence-corrected chi connectivity index (χ4v) is 1.37. The van der Waals surface area contributed by atoms with Gasteiger partial charge >= 0.3 is 0 Å². The minimum Gasteiger partial charge on any atom is -0.328 e. The summed E-state index contributed by atoms with van der Waals surface area (Å²) in [6.45, 7) is 0. The number of H-pyrrole nitrogens is 1. The predicted molar refractivity (Wildman–Crippen MR) is 61.3 cm³/mol. The van der Waals surface area contributed by atoms with Gasteiger partial charge in [-0.15, -0.1) is 0 Å². The Hall–Kier alpha value is -2.57. The van der Waals surface area contributed by atoms with Gasteiger partial charge in [0.1, 0.15) is 0 Å². The molecule has 0 fully saturated rings. The van der Waals surface area contributed by atoms with E-state index in [9.17, 15) is 22.8 Å². The van der Waals surface area contributed by atoms with Crippen molar-refractivity contribution >= 4 is 11.6 Å². The van der Waals surface area contributed by atoms with Crippen LogP contribution in [0.4, 0.5) is 18.9 Å². The van der Waals surface area contributed by atoms with E-state index >= 15 is 0 Å². The molecule has 0 saturated heterocycles. The average Bonchev–Trinajstić information content (AvgIpc) is 2.40. The van der Waals surface area contributed by atoms with Gasteiger partial charge in [-0.3, -0.25) is 9.59 Å². The number of benzene rings is 1. The SMILES string of the molecule is O=C(Nc1ccc(F)c(F)c1F)c1ccc(=O)[nH]c1. The number of carbonyl (C=O) groups is 1. The van der Waals surface area contributed by atoms with Crippen LogP contribution >= 0.6 is 0 Å². The molecule has 19 heavy (non-hydrogen) atoms. The number of aromatic amines is 1. The highest BCUT2D eigenvalue weighted by atomic mass is 19.2. The van der Waals surface area contributed by atoms with Crippen molar-refractivity contribution in [3.05, 3.63) is 63.8 Å². The summed E-state index contributed by atoms with van der Waals surface area (Å²) in [7, 11) is 0. The molecule has 2 rings (SSSR count). The van der Waals surface area contributed by atoms with E-state index in [1.54, 1.807) is 0 Å². The lowest BCUT2D eigenvalue weighted by molar-refractivity contribution is 0.102. The van der Waals surface area contributed by atoms with Gasteiger partial charge in [-0.1, -0.05) is 0 Å². The Balaban J connectivity index is 2.27. The second-order valence-electron chi connectivity index (χ2n) is 3.62. The van der Waals surface area contributed by atoms with E-state index in [0.717, 1.165) is 18.3 Å². The first-order valence-corrected chi connectivity index (χ1v) is 5.12. The number of nitrogens with one attached hydrogen (secondary N) is 2. The number of hydrogen-bond donors (Lipinski definition) is 2. The van der Waals surface area contributed by atoms with Crippen LogP contribution in [-0.4, -0.2) is 10.9 Å². The van der Waals surface area contributed by atoms with Gasteiger partial charge in [0.25, 0.3) is 5.91 Å². The molecule has 1 aromatic carbocycles. The van der Waals surface area contributed by atoms with E-state index < -0.39 is 34.6 Å². The molecule has 2 aromatic rings. The van der Waals surface area contributed by atoms with Crippen molar-refractivity contribution in [3.8, 4) is 0 Å². The number of anilines is 1. The molecule has 0 unspecified atom stereocenters. The Morgan fingerprint density at radius 3 is 2.42 bits per heavy atom. The van der Waals surface area contributed by atoms with Gasteiger partial charge in [0.2, 0.25) is 5.56 Å². The van der Waals surface area contributed by atoms with E-state index in [1.165, 1.54) is 6.07 Å². The molecule has 0 aliphatic carbocycles. The number of amides is 1. The van der Waals surface area contributed by atoms with Crippen molar-refractivity contribution in [3.63, 3.8) is 0 Å². The van der Waals surface area contributed by atoms with Crippen molar-refractivity contribution in [1.29, 1.82) is 0 Å².